The molecule has 0 aliphatic carbocycles. The van der Waals surface area contributed by atoms with E-state index in [4.69, 9.17) is 10.00 Å². The lowest BCUT2D eigenvalue weighted by Crippen LogP contribution is -2.33. The van der Waals surface area contributed by atoms with E-state index in [0.717, 1.165) is 4.90 Å². The summed E-state index contributed by atoms with van der Waals surface area (Å²) in [6, 6.07) is 10.6. The van der Waals surface area contributed by atoms with E-state index in [-0.39, 0.29) is 6.54 Å². The van der Waals surface area contributed by atoms with Crippen LogP contribution in [0.4, 0.5) is 4.79 Å². The topological polar surface area (TPSA) is 70.4 Å². The minimum atomic E-state index is -0.701. The van der Waals surface area contributed by atoms with E-state index in [1.54, 1.807) is 30.3 Å². The molecule has 94 valence electrons. The fraction of sp³-hybridized carbons (Fsp3) is 0.308. The highest BCUT2D eigenvalue weighted by atomic mass is 16.6. The van der Waals surface area contributed by atoms with Crippen molar-refractivity contribution in [3.63, 3.8) is 0 Å². The highest BCUT2D eigenvalue weighted by Crippen LogP contribution is 2.10. The third-order valence-electron chi connectivity index (χ3n) is 2.25. The lowest BCUT2D eigenvalue weighted by molar-refractivity contribution is -0.116. The second-order valence-electron chi connectivity index (χ2n) is 3.60. The Morgan fingerprint density at radius 2 is 2.06 bits per heavy atom. The van der Waals surface area contributed by atoms with Gasteiger partial charge in [-0.1, -0.05) is 18.2 Å². The van der Waals surface area contributed by atoms with E-state index in [2.05, 4.69) is 0 Å². The maximum absolute atomic E-state index is 11.6. The van der Waals surface area contributed by atoms with Gasteiger partial charge in [-0.15, -0.1) is 0 Å². The van der Waals surface area contributed by atoms with Gasteiger partial charge >= 0.3 is 6.09 Å². The Morgan fingerprint density at radius 3 is 2.67 bits per heavy atom. The molecule has 0 aliphatic rings. The molecule has 1 aromatic rings. The number of nitrogens with zero attached hydrogens (tertiary/aromatic N) is 2. The molecule has 0 unspecified atom stereocenters. The van der Waals surface area contributed by atoms with Gasteiger partial charge in [0.05, 0.1) is 6.07 Å². The highest BCUT2D eigenvalue weighted by Gasteiger charge is 2.14. The van der Waals surface area contributed by atoms with Crippen LogP contribution in [0.15, 0.2) is 30.3 Å². The Balaban J connectivity index is 2.43. The van der Waals surface area contributed by atoms with E-state index < -0.39 is 6.09 Å². The van der Waals surface area contributed by atoms with Crippen molar-refractivity contribution in [3.8, 4) is 11.8 Å². The molecule has 5 heteroatoms. The summed E-state index contributed by atoms with van der Waals surface area (Å²) in [6.45, 7) is 0.261. The molecule has 1 aromatic carbocycles. The zero-order chi connectivity index (χ0) is 13.2. The first-order valence-corrected chi connectivity index (χ1v) is 5.63. The van der Waals surface area contributed by atoms with E-state index in [0.29, 0.717) is 31.4 Å². The number of unbranched alkanes of at least 4 members (excludes halogenated alkanes) is 2. The van der Waals surface area contributed by atoms with Crippen LogP contribution in [0.3, 0.4) is 0 Å². The molecular weight excluding hydrogens is 232 g/mol. The summed E-state index contributed by atoms with van der Waals surface area (Å²) in [5.74, 6) is 0.395. The van der Waals surface area contributed by atoms with Crippen LogP contribution in [-0.2, 0) is 4.79 Å². The van der Waals surface area contributed by atoms with Crippen molar-refractivity contribution >= 4 is 12.5 Å². The van der Waals surface area contributed by atoms with Gasteiger partial charge in [-0.05, 0) is 25.0 Å². The number of hydrogen-bond acceptors (Lipinski definition) is 4. The molecule has 5 nitrogen and oxygen atoms in total. The van der Waals surface area contributed by atoms with Crippen LogP contribution in [0, 0.1) is 11.3 Å². The summed E-state index contributed by atoms with van der Waals surface area (Å²) < 4.78 is 5.02. The molecule has 0 spiro atoms. The van der Waals surface area contributed by atoms with Gasteiger partial charge in [0.15, 0.2) is 0 Å². The van der Waals surface area contributed by atoms with Gasteiger partial charge in [0, 0.05) is 13.0 Å². The first-order chi connectivity index (χ1) is 8.77. The predicted molar refractivity (Wildman–Crippen MR) is 64.7 cm³/mol. The third kappa shape index (κ3) is 4.66. The Morgan fingerprint density at radius 1 is 1.33 bits per heavy atom. The molecule has 0 radical (unpaired) electrons. The lowest BCUT2D eigenvalue weighted by Gasteiger charge is -2.14. The van der Waals surface area contributed by atoms with Gasteiger partial charge in [0.1, 0.15) is 5.75 Å². The minimum Gasteiger partial charge on any atom is -0.410 e. The number of benzene rings is 1. The van der Waals surface area contributed by atoms with Crippen molar-refractivity contribution < 1.29 is 14.3 Å². The van der Waals surface area contributed by atoms with Gasteiger partial charge in [0.2, 0.25) is 6.41 Å². The average molecular weight is 246 g/mol. The monoisotopic (exact) mass is 246 g/mol. The van der Waals surface area contributed by atoms with Crippen LogP contribution >= 0.6 is 0 Å². The maximum Gasteiger partial charge on any atom is 0.421 e. The largest absolute Gasteiger partial charge is 0.421 e. The normalized spacial score (nSPS) is 9.28. The molecule has 0 atom stereocenters. The van der Waals surface area contributed by atoms with Crippen molar-refractivity contribution in [2.45, 2.75) is 19.3 Å². The Labute approximate surface area is 106 Å². The van der Waals surface area contributed by atoms with Crippen molar-refractivity contribution in [2.24, 2.45) is 0 Å². The number of para-hydroxylation sites is 1. The van der Waals surface area contributed by atoms with E-state index in [9.17, 15) is 9.59 Å². The van der Waals surface area contributed by atoms with Gasteiger partial charge in [-0.3, -0.25) is 4.79 Å². The molecule has 0 fully saturated rings. The van der Waals surface area contributed by atoms with E-state index in [1.165, 1.54) is 0 Å². The standard InChI is InChI=1S/C13H14N2O3/c14-9-5-2-6-10-15(11-16)13(17)18-12-7-3-1-4-8-12/h1,3-4,7-8,11H,2,5-6,10H2. The fourth-order valence-corrected chi connectivity index (χ4v) is 1.32. The first kappa shape index (κ1) is 13.7. The highest BCUT2D eigenvalue weighted by molar-refractivity contribution is 5.81. The molecule has 0 saturated carbocycles. The summed E-state index contributed by atoms with van der Waals surface area (Å²) >= 11 is 0. The lowest BCUT2D eigenvalue weighted by atomic mass is 10.2. The number of imide groups is 1. The van der Waals surface area contributed by atoms with Crippen LogP contribution in [0.25, 0.3) is 0 Å². The maximum atomic E-state index is 11.6. The Kier molecular flexibility index (Phi) is 5.98. The van der Waals surface area contributed by atoms with Gasteiger partial charge in [-0.25, -0.2) is 9.69 Å². The molecule has 0 bridgehead atoms. The zero-order valence-corrected chi connectivity index (χ0v) is 9.91. The number of ether oxygens (including phenoxy) is 1. The van der Waals surface area contributed by atoms with Crippen molar-refractivity contribution in [1.82, 2.24) is 4.90 Å². The quantitative estimate of drug-likeness (QED) is 0.570. The summed E-state index contributed by atoms with van der Waals surface area (Å²) in [5.41, 5.74) is 0. The fourth-order valence-electron chi connectivity index (χ4n) is 1.32. The van der Waals surface area contributed by atoms with Crippen molar-refractivity contribution in [3.05, 3.63) is 30.3 Å². The molecule has 1 rings (SSSR count). The average Bonchev–Trinajstić information content (AvgIpc) is 2.40. The SMILES string of the molecule is N#CCCCCN(C=O)C(=O)Oc1ccccc1. The summed E-state index contributed by atoms with van der Waals surface area (Å²) in [5, 5.41) is 8.37. The molecule has 0 N–H and O–H groups in total. The molecule has 0 aliphatic heterocycles. The number of amides is 2. The van der Waals surface area contributed by atoms with Gasteiger partial charge < -0.3 is 4.74 Å². The molecular formula is C13H14N2O3. The second kappa shape index (κ2) is 7.85. The molecule has 18 heavy (non-hydrogen) atoms. The van der Waals surface area contributed by atoms with Gasteiger partial charge in [-0.2, -0.15) is 5.26 Å². The number of nitriles is 1. The third-order valence-corrected chi connectivity index (χ3v) is 2.25. The smallest absolute Gasteiger partial charge is 0.410 e. The Bertz CT molecular complexity index is 426. The number of hydrogen-bond donors (Lipinski definition) is 0. The molecule has 0 aromatic heterocycles. The van der Waals surface area contributed by atoms with E-state index in [1.807, 2.05) is 6.07 Å². The summed E-state index contributed by atoms with van der Waals surface area (Å²) in [4.78, 5) is 23.3. The second-order valence-corrected chi connectivity index (χ2v) is 3.60. The minimum absolute atomic E-state index is 0.261. The van der Waals surface area contributed by atoms with Crippen molar-refractivity contribution in [2.75, 3.05) is 6.54 Å². The Hall–Kier alpha value is -2.35. The van der Waals surface area contributed by atoms with Crippen LogP contribution in [-0.4, -0.2) is 23.9 Å². The van der Waals surface area contributed by atoms with Crippen LogP contribution in [0.2, 0.25) is 0 Å². The van der Waals surface area contributed by atoms with Crippen LogP contribution in [0.1, 0.15) is 19.3 Å². The van der Waals surface area contributed by atoms with Gasteiger partial charge in [0.25, 0.3) is 0 Å². The van der Waals surface area contributed by atoms with Crippen LogP contribution in [0.5, 0.6) is 5.75 Å². The van der Waals surface area contributed by atoms with Crippen molar-refractivity contribution in [1.29, 1.82) is 5.26 Å². The number of rotatable bonds is 6. The molecule has 0 saturated heterocycles. The molecule has 2 amide bonds. The number of carbonyl (C=O) groups excluding carboxylic acids is 2. The summed E-state index contributed by atoms with van der Waals surface area (Å²) in [6.07, 6.45) is 1.40. The predicted octanol–water partition coefficient (Wildman–Crippen LogP) is 2.34. The van der Waals surface area contributed by atoms with E-state index >= 15 is 0 Å². The van der Waals surface area contributed by atoms with Crippen LogP contribution < -0.4 is 4.74 Å². The zero-order valence-electron chi connectivity index (χ0n) is 9.91. The number of carbonyl (C=O) groups is 2. The summed E-state index contributed by atoms with van der Waals surface area (Å²) in [7, 11) is 0. The molecule has 0 heterocycles. The first-order valence-electron chi connectivity index (χ1n) is 5.63.